The maximum absolute atomic E-state index is 3.53. The maximum atomic E-state index is 3.53. The third kappa shape index (κ3) is 6.81. The van der Waals surface area contributed by atoms with Crippen molar-refractivity contribution < 1.29 is 0 Å². The molecule has 96 valence electrons. The molecule has 1 aromatic rings. The van der Waals surface area contributed by atoms with Crippen LogP contribution in [-0.4, -0.2) is 25.2 Å². The molecule has 0 amide bonds. The van der Waals surface area contributed by atoms with Crippen LogP contribution in [-0.2, 0) is 6.42 Å². The lowest BCUT2D eigenvalue weighted by Gasteiger charge is -2.16. The van der Waals surface area contributed by atoms with Crippen molar-refractivity contribution in [2.75, 3.05) is 13.1 Å². The Morgan fingerprint density at radius 1 is 1.18 bits per heavy atom. The molecule has 1 unspecified atom stereocenters. The standard InChI is InChI=1S/C14H23BrN2/c1-11(2)17-10-12(3)16-8-7-13-5-4-6-14(15)9-13/h4-6,9,11-12,16-17H,7-8,10H2,1-3H3. The van der Waals surface area contributed by atoms with E-state index < -0.39 is 0 Å². The summed E-state index contributed by atoms with van der Waals surface area (Å²) in [6, 6.07) is 9.58. The van der Waals surface area contributed by atoms with E-state index in [0.717, 1.165) is 24.0 Å². The number of halogens is 1. The van der Waals surface area contributed by atoms with Gasteiger partial charge in [-0.15, -0.1) is 0 Å². The molecule has 0 bridgehead atoms. The van der Waals surface area contributed by atoms with E-state index in [1.165, 1.54) is 5.56 Å². The molecule has 0 fully saturated rings. The first-order valence-corrected chi connectivity index (χ1v) is 7.08. The Morgan fingerprint density at radius 2 is 1.94 bits per heavy atom. The molecule has 0 radical (unpaired) electrons. The van der Waals surface area contributed by atoms with Gasteiger partial charge in [0.2, 0.25) is 0 Å². The highest BCUT2D eigenvalue weighted by atomic mass is 79.9. The van der Waals surface area contributed by atoms with Crippen molar-refractivity contribution in [3.8, 4) is 0 Å². The second-order valence-electron chi connectivity index (χ2n) is 4.80. The zero-order valence-electron chi connectivity index (χ0n) is 11.0. The Bertz CT molecular complexity index is 326. The van der Waals surface area contributed by atoms with Crippen molar-refractivity contribution in [2.24, 2.45) is 0 Å². The highest BCUT2D eigenvalue weighted by molar-refractivity contribution is 9.10. The van der Waals surface area contributed by atoms with Crippen LogP contribution >= 0.6 is 15.9 Å². The summed E-state index contributed by atoms with van der Waals surface area (Å²) in [6.07, 6.45) is 1.07. The minimum atomic E-state index is 0.518. The highest BCUT2D eigenvalue weighted by Crippen LogP contribution is 2.11. The summed E-state index contributed by atoms with van der Waals surface area (Å²) < 4.78 is 1.16. The van der Waals surface area contributed by atoms with Crippen LogP contribution < -0.4 is 10.6 Å². The fourth-order valence-electron chi connectivity index (χ4n) is 1.64. The molecule has 0 heterocycles. The van der Waals surface area contributed by atoms with Crippen LogP contribution in [0.3, 0.4) is 0 Å². The number of hydrogen-bond donors (Lipinski definition) is 2. The van der Waals surface area contributed by atoms with Crippen LogP contribution in [0.15, 0.2) is 28.7 Å². The van der Waals surface area contributed by atoms with Crippen molar-refractivity contribution in [3.05, 3.63) is 34.3 Å². The van der Waals surface area contributed by atoms with E-state index in [4.69, 9.17) is 0 Å². The Labute approximate surface area is 113 Å². The zero-order valence-corrected chi connectivity index (χ0v) is 12.5. The van der Waals surface area contributed by atoms with Crippen LogP contribution in [0.5, 0.6) is 0 Å². The molecular formula is C14H23BrN2. The summed E-state index contributed by atoms with van der Waals surface area (Å²) in [5, 5.41) is 6.96. The van der Waals surface area contributed by atoms with Crippen LogP contribution in [0, 0.1) is 0 Å². The van der Waals surface area contributed by atoms with Gasteiger partial charge in [0.15, 0.2) is 0 Å². The fourth-order valence-corrected chi connectivity index (χ4v) is 2.09. The van der Waals surface area contributed by atoms with E-state index in [1.807, 2.05) is 0 Å². The smallest absolute Gasteiger partial charge is 0.0178 e. The van der Waals surface area contributed by atoms with Crippen LogP contribution in [0.2, 0.25) is 0 Å². The third-order valence-electron chi connectivity index (χ3n) is 2.63. The normalized spacial score (nSPS) is 13.0. The Hall–Kier alpha value is -0.380. The summed E-state index contributed by atoms with van der Waals surface area (Å²) >= 11 is 3.49. The molecule has 0 aliphatic carbocycles. The first kappa shape index (κ1) is 14.7. The van der Waals surface area contributed by atoms with Gasteiger partial charge in [-0.25, -0.2) is 0 Å². The van der Waals surface area contributed by atoms with Crippen LogP contribution in [0.1, 0.15) is 26.3 Å². The molecule has 0 aliphatic rings. The molecule has 0 aliphatic heterocycles. The summed E-state index contributed by atoms with van der Waals surface area (Å²) in [5.41, 5.74) is 1.37. The first-order chi connectivity index (χ1) is 8.08. The van der Waals surface area contributed by atoms with Gasteiger partial charge in [-0.05, 0) is 37.6 Å². The minimum absolute atomic E-state index is 0.518. The van der Waals surface area contributed by atoms with Crippen molar-refractivity contribution in [3.63, 3.8) is 0 Å². The monoisotopic (exact) mass is 298 g/mol. The fraction of sp³-hybridized carbons (Fsp3) is 0.571. The maximum Gasteiger partial charge on any atom is 0.0178 e. The lowest BCUT2D eigenvalue weighted by molar-refractivity contribution is 0.476. The number of nitrogens with one attached hydrogen (secondary N) is 2. The van der Waals surface area contributed by atoms with Crippen molar-refractivity contribution in [2.45, 2.75) is 39.3 Å². The summed E-state index contributed by atoms with van der Waals surface area (Å²) in [6.45, 7) is 8.62. The Balaban J connectivity index is 2.19. The van der Waals surface area contributed by atoms with Gasteiger partial charge in [-0.1, -0.05) is 41.9 Å². The van der Waals surface area contributed by atoms with Crippen molar-refractivity contribution in [1.29, 1.82) is 0 Å². The molecule has 2 N–H and O–H groups in total. The molecule has 1 aromatic carbocycles. The Morgan fingerprint density at radius 3 is 2.59 bits per heavy atom. The van der Waals surface area contributed by atoms with E-state index in [0.29, 0.717) is 12.1 Å². The molecule has 0 saturated heterocycles. The summed E-state index contributed by atoms with van der Waals surface area (Å²) in [4.78, 5) is 0. The predicted octanol–water partition coefficient (Wildman–Crippen LogP) is 2.97. The third-order valence-corrected chi connectivity index (χ3v) is 3.12. The first-order valence-electron chi connectivity index (χ1n) is 6.29. The molecule has 1 atom stereocenters. The second kappa shape index (κ2) is 7.85. The zero-order chi connectivity index (χ0) is 12.7. The molecule has 0 spiro atoms. The van der Waals surface area contributed by atoms with Gasteiger partial charge in [0.25, 0.3) is 0 Å². The number of rotatable bonds is 7. The van der Waals surface area contributed by atoms with Crippen LogP contribution in [0.4, 0.5) is 0 Å². The second-order valence-corrected chi connectivity index (χ2v) is 5.71. The molecule has 2 nitrogen and oxygen atoms in total. The van der Waals surface area contributed by atoms with E-state index in [9.17, 15) is 0 Å². The van der Waals surface area contributed by atoms with Gasteiger partial charge in [-0.2, -0.15) is 0 Å². The van der Waals surface area contributed by atoms with Crippen molar-refractivity contribution >= 4 is 15.9 Å². The lowest BCUT2D eigenvalue weighted by atomic mass is 10.1. The number of benzene rings is 1. The summed E-state index contributed by atoms with van der Waals surface area (Å²) in [5.74, 6) is 0. The summed E-state index contributed by atoms with van der Waals surface area (Å²) in [7, 11) is 0. The quantitative estimate of drug-likeness (QED) is 0.809. The van der Waals surface area contributed by atoms with E-state index in [1.54, 1.807) is 0 Å². The molecule has 0 aromatic heterocycles. The SMILES string of the molecule is CC(C)NCC(C)NCCc1cccc(Br)c1. The molecule has 17 heavy (non-hydrogen) atoms. The lowest BCUT2D eigenvalue weighted by Crippen LogP contribution is -2.39. The van der Waals surface area contributed by atoms with E-state index in [-0.39, 0.29) is 0 Å². The Kier molecular flexibility index (Phi) is 6.78. The van der Waals surface area contributed by atoms with Gasteiger partial charge in [0, 0.05) is 23.1 Å². The topological polar surface area (TPSA) is 24.1 Å². The van der Waals surface area contributed by atoms with Gasteiger partial charge in [0.05, 0.1) is 0 Å². The molecular weight excluding hydrogens is 276 g/mol. The van der Waals surface area contributed by atoms with Gasteiger partial charge < -0.3 is 10.6 Å². The number of hydrogen-bond acceptors (Lipinski definition) is 2. The van der Waals surface area contributed by atoms with Crippen LogP contribution in [0.25, 0.3) is 0 Å². The average molecular weight is 299 g/mol. The van der Waals surface area contributed by atoms with Crippen molar-refractivity contribution in [1.82, 2.24) is 10.6 Å². The van der Waals surface area contributed by atoms with Gasteiger partial charge >= 0.3 is 0 Å². The highest BCUT2D eigenvalue weighted by Gasteiger charge is 2.01. The van der Waals surface area contributed by atoms with E-state index in [2.05, 4.69) is 71.6 Å². The van der Waals surface area contributed by atoms with Gasteiger partial charge in [0.1, 0.15) is 0 Å². The molecule has 0 saturated carbocycles. The predicted molar refractivity (Wildman–Crippen MR) is 78.4 cm³/mol. The average Bonchev–Trinajstić information content (AvgIpc) is 2.26. The van der Waals surface area contributed by atoms with Gasteiger partial charge in [-0.3, -0.25) is 0 Å². The largest absolute Gasteiger partial charge is 0.313 e. The molecule has 1 rings (SSSR count). The molecule has 3 heteroatoms. The van der Waals surface area contributed by atoms with E-state index >= 15 is 0 Å². The minimum Gasteiger partial charge on any atom is -0.313 e.